The van der Waals surface area contributed by atoms with Crippen molar-refractivity contribution in [2.24, 2.45) is 5.92 Å². The zero-order valence-corrected chi connectivity index (χ0v) is 9.74. The van der Waals surface area contributed by atoms with E-state index in [1.807, 2.05) is 0 Å². The van der Waals surface area contributed by atoms with E-state index in [0.29, 0.717) is 17.2 Å². The Hall–Kier alpha value is -1.09. The van der Waals surface area contributed by atoms with Crippen molar-refractivity contribution in [2.45, 2.75) is 25.7 Å². The van der Waals surface area contributed by atoms with Gasteiger partial charge >= 0.3 is 5.97 Å². The SMILES string of the molecule is O=C(OCCC1CCC1)c1cnccc1Cl. The zero-order valence-electron chi connectivity index (χ0n) is 8.99. The van der Waals surface area contributed by atoms with Crippen LogP contribution in [0, 0.1) is 5.92 Å². The van der Waals surface area contributed by atoms with Crippen LogP contribution in [-0.2, 0) is 4.74 Å². The van der Waals surface area contributed by atoms with Crippen LogP contribution in [0.4, 0.5) is 0 Å². The third-order valence-electron chi connectivity index (χ3n) is 2.97. The highest BCUT2D eigenvalue weighted by atomic mass is 35.5. The Balaban J connectivity index is 1.81. The van der Waals surface area contributed by atoms with Gasteiger partial charge in [-0.25, -0.2) is 4.79 Å². The molecule has 1 aliphatic rings. The van der Waals surface area contributed by atoms with E-state index in [1.165, 1.54) is 25.5 Å². The number of pyridine rings is 1. The third-order valence-corrected chi connectivity index (χ3v) is 3.30. The number of nitrogens with zero attached hydrogens (tertiary/aromatic N) is 1. The molecule has 4 heteroatoms. The zero-order chi connectivity index (χ0) is 11.4. The number of hydrogen-bond acceptors (Lipinski definition) is 3. The van der Waals surface area contributed by atoms with Crippen molar-refractivity contribution >= 4 is 17.6 Å². The van der Waals surface area contributed by atoms with Crippen LogP contribution < -0.4 is 0 Å². The molecule has 1 aromatic heterocycles. The molecule has 0 aromatic carbocycles. The molecule has 16 heavy (non-hydrogen) atoms. The monoisotopic (exact) mass is 239 g/mol. The molecule has 1 saturated carbocycles. The molecule has 0 aliphatic heterocycles. The Morgan fingerprint density at radius 1 is 1.56 bits per heavy atom. The summed E-state index contributed by atoms with van der Waals surface area (Å²) in [4.78, 5) is 15.5. The summed E-state index contributed by atoms with van der Waals surface area (Å²) in [5.74, 6) is 0.370. The van der Waals surface area contributed by atoms with E-state index in [2.05, 4.69) is 4.98 Å². The van der Waals surface area contributed by atoms with E-state index < -0.39 is 0 Å². The molecule has 1 fully saturated rings. The fourth-order valence-corrected chi connectivity index (χ4v) is 1.89. The standard InChI is InChI=1S/C12H14ClNO2/c13-11-4-6-14-8-10(11)12(15)16-7-5-9-2-1-3-9/h4,6,8-9H,1-3,5,7H2. The number of carbonyl (C=O) groups excluding carboxylic acids is 1. The predicted molar refractivity (Wildman–Crippen MR) is 61.5 cm³/mol. The smallest absolute Gasteiger partial charge is 0.341 e. The molecule has 0 saturated heterocycles. The van der Waals surface area contributed by atoms with Crippen LogP contribution in [0.3, 0.4) is 0 Å². The lowest BCUT2D eigenvalue weighted by atomic mass is 9.83. The summed E-state index contributed by atoms with van der Waals surface area (Å²) in [7, 11) is 0. The van der Waals surface area contributed by atoms with Gasteiger partial charge < -0.3 is 4.74 Å². The number of ether oxygens (including phenoxy) is 1. The van der Waals surface area contributed by atoms with E-state index in [9.17, 15) is 4.79 Å². The van der Waals surface area contributed by atoms with Crippen LogP contribution in [0.2, 0.25) is 5.02 Å². The molecule has 2 rings (SSSR count). The molecule has 0 atom stereocenters. The lowest BCUT2D eigenvalue weighted by molar-refractivity contribution is 0.0464. The van der Waals surface area contributed by atoms with E-state index in [0.717, 1.165) is 12.3 Å². The minimum absolute atomic E-state index is 0.345. The summed E-state index contributed by atoms with van der Waals surface area (Å²) < 4.78 is 5.15. The topological polar surface area (TPSA) is 39.2 Å². The van der Waals surface area contributed by atoms with E-state index in [1.54, 1.807) is 12.3 Å². The normalized spacial score (nSPS) is 15.6. The van der Waals surface area contributed by atoms with Crippen molar-refractivity contribution in [3.05, 3.63) is 29.0 Å². The number of rotatable bonds is 4. The highest BCUT2D eigenvalue weighted by Crippen LogP contribution is 2.29. The average Bonchev–Trinajstić information content (AvgIpc) is 2.22. The van der Waals surface area contributed by atoms with Gasteiger partial charge in [-0.15, -0.1) is 0 Å². The van der Waals surface area contributed by atoms with Crippen LogP contribution in [-0.4, -0.2) is 17.6 Å². The first-order chi connectivity index (χ1) is 7.77. The summed E-state index contributed by atoms with van der Waals surface area (Å²) in [6.07, 6.45) is 7.80. The molecule has 86 valence electrons. The minimum atomic E-state index is -0.377. The summed E-state index contributed by atoms with van der Waals surface area (Å²) in [6, 6.07) is 1.59. The van der Waals surface area contributed by atoms with Crippen LogP contribution in [0.5, 0.6) is 0 Å². The van der Waals surface area contributed by atoms with Gasteiger partial charge in [0.2, 0.25) is 0 Å². The first kappa shape index (κ1) is 11.4. The number of hydrogen-bond donors (Lipinski definition) is 0. The summed E-state index contributed by atoms with van der Waals surface area (Å²) in [6.45, 7) is 0.481. The Morgan fingerprint density at radius 2 is 2.38 bits per heavy atom. The lowest BCUT2D eigenvalue weighted by Crippen LogP contribution is -2.15. The van der Waals surface area contributed by atoms with Gasteiger partial charge in [-0.3, -0.25) is 4.98 Å². The van der Waals surface area contributed by atoms with Crippen LogP contribution in [0.25, 0.3) is 0 Å². The molecular weight excluding hydrogens is 226 g/mol. The second kappa shape index (κ2) is 5.30. The molecule has 0 unspecified atom stereocenters. The Bertz CT molecular complexity index is 377. The average molecular weight is 240 g/mol. The van der Waals surface area contributed by atoms with Crippen LogP contribution >= 0.6 is 11.6 Å². The third kappa shape index (κ3) is 2.73. The van der Waals surface area contributed by atoms with Gasteiger partial charge in [-0.2, -0.15) is 0 Å². The van der Waals surface area contributed by atoms with Crippen molar-refractivity contribution in [1.82, 2.24) is 4.98 Å². The van der Waals surface area contributed by atoms with Gasteiger partial charge in [-0.1, -0.05) is 30.9 Å². The van der Waals surface area contributed by atoms with Gasteiger partial charge in [-0.05, 0) is 18.4 Å². The number of halogens is 1. The van der Waals surface area contributed by atoms with Crippen molar-refractivity contribution in [3.8, 4) is 0 Å². The molecule has 1 aliphatic carbocycles. The molecule has 0 bridgehead atoms. The summed E-state index contributed by atoms with van der Waals surface area (Å²) in [5.41, 5.74) is 0.345. The molecule has 3 nitrogen and oxygen atoms in total. The van der Waals surface area contributed by atoms with Crippen LogP contribution in [0.1, 0.15) is 36.0 Å². The van der Waals surface area contributed by atoms with Gasteiger partial charge in [0.1, 0.15) is 0 Å². The van der Waals surface area contributed by atoms with E-state index in [-0.39, 0.29) is 5.97 Å². The number of carbonyl (C=O) groups is 1. The number of esters is 1. The van der Waals surface area contributed by atoms with E-state index in [4.69, 9.17) is 16.3 Å². The van der Waals surface area contributed by atoms with Crippen molar-refractivity contribution in [3.63, 3.8) is 0 Å². The fraction of sp³-hybridized carbons (Fsp3) is 0.500. The maximum Gasteiger partial charge on any atom is 0.341 e. The Morgan fingerprint density at radius 3 is 3.00 bits per heavy atom. The molecule has 0 amide bonds. The van der Waals surface area contributed by atoms with Gasteiger partial charge in [0.05, 0.1) is 17.2 Å². The second-order valence-electron chi connectivity index (χ2n) is 4.08. The van der Waals surface area contributed by atoms with Crippen molar-refractivity contribution < 1.29 is 9.53 Å². The quantitative estimate of drug-likeness (QED) is 0.758. The molecule has 0 radical (unpaired) electrons. The minimum Gasteiger partial charge on any atom is -0.462 e. The Labute approximate surface area is 99.8 Å². The summed E-state index contributed by atoms with van der Waals surface area (Å²) >= 11 is 5.86. The van der Waals surface area contributed by atoms with Crippen molar-refractivity contribution in [2.75, 3.05) is 6.61 Å². The van der Waals surface area contributed by atoms with Gasteiger partial charge in [0, 0.05) is 12.4 Å². The highest BCUT2D eigenvalue weighted by molar-refractivity contribution is 6.33. The first-order valence-corrected chi connectivity index (χ1v) is 5.92. The van der Waals surface area contributed by atoms with Crippen LogP contribution in [0.15, 0.2) is 18.5 Å². The highest BCUT2D eigenvalue weighted by Gasteiger charge is 2.18. The maximum absolute atomic E-state index is 11.6. The maximum atomic E-state index is 11.6. The molecule has 1 heterocycles. The molecule has 0 N–H and O–H groups in total. The second-order valence-corrected chi connectivity index (χ2v) is 4.48. The molecular formula is C12H14ClNO2. The van der Waals surface area contributed by atoms with Crippen molar-refractivity contribution in [1.29, 1.82) is 0 Å². The molecule has 1 aromatic rings. The Kier molecular flexibility index (Phi) is 3.78. The van der Waals surface area contributed by atoms with E-state index >= 15 is 0 Å². The summed E-state index contributed by atoms with van der Waals surface area (Å²) in [5, 5.41) is 0.392. The largest absolute Gasteiger partial charge is 0.462 e. The number of aromatic nitrogens is 1. The van der Waals surface area contributed by atoms with Gasteiger partial charge in [0.25, 0.3) is 0 Å². The predicted octanol–water partition coefficient (Wildman–Crippen LogP) is 3.08. The lowest BCUT2D eigenvalue weighted by Gasteiger charge is -2.24. The fourth-order valence-electron chi connectivity index (χ4n) is 1.71. The first-order valence-electron chi connectivity index (χ1n) is 5.54. The molecule has 0 spiro atoms. The van der Waals surface area contributed by atoms with Gasteiger partial charge in [0.15, 0.2) is 0 Å².